The van der Waals surface area contributed by atoms with E-state index in [1.807, 2.05) is 24.3 Å². The maximum absolute atomic E-state index is 12.8. The molecule has 0 radical (unpaired) electrons. The van der Waals surface area contributed by atoms with Crippen LogP contribution in [0.1, 0.15) is 30.0 Å². The third-order valence-corrected chi connectivity index (χ3v) is 5.87. The SMILES string of the molecule is Br.COc1ccc(C(CN2CCCC2)NC(=O)Cc2ccc(Cl)c(Cl)c2)cc1OC. The minimum absolute atomic E-state index is 0. The lowest BCUT2D eigenvalue weighted by atomic mass is 10.0. The fourth-order valence-electron chi connectivity index (χ4n) is 3.61. The third kappa shape index (κ3) is 6.51. The monoisotopic (exact) mass is 516 g/mol. The van der Waals surface area contributed by atoms with Gasteiger partial charge in [-0.05, 0) is 61.3 Å². The number of hydrogen-bond acceptors (Lipinski definition) is 4. The summed E-state index contributed by atoms with van der Waals surface area (Å²) < 4.78 is 10.8. The lowest BCUT2D eigenvalue weighted by Gasteiger charge is -2.25. The summed E-state index contributed by atoms with van der Waals surface area (Å²) in [6, 6.07) is 10.9. The van der Waals surface area contributed by atoms with Crippen LogP contribution in [0.3, 0.4) is 0 Å². The Morgan fingerprint density at radius 2 is 1.73 bits per heavy atom. The van der Waals surface area contributed by atoms with E-state index >= 15 is 0 Å². The van der Waals surface area contributed by atoms with Gasteiger partial charge in [0, 0.05) is 6.54 Å². The number of likely N-dealkylation sites (tertiary alicyclic amines) is 1. The number of rotatable bonds is 8. The Bertz CT molecular complexity index is 860. The van der Waals surface area contributed by atoms with Crippen molar-refractivity contribution in [2.75, 3.05) is 33.9 Å². The molecule has 0 saturated carbocycles. The van der Waals surface area contributed by atoms with Crippen LogP contribution < -0.4 is 14.8 Å². The maximum Gasteiger partial charge on any atom is 0.224 e. The van der Waals surface area contributed by atoms with E-state index in [-0.39, 0.29) is 35.4 Å². The molecule has 1 atom stereocenters. The molecule has 5 nitrogen and oxygen atoms in total. The number of carbonyl (C=O) groups excluding carboxylic acids is 1. The number of halogens is 3. The van der Waals surface area contributed by atoms with Crippen molar-refractivity contribution in [3.63, 3.8) is 0 Å². The summed E-state index contributed by atoms with van der Waals surface area (Å²) in [6.07, 6.45) is 2.62. The fraction of sp³-hybridized carbons (Fsp3) is 0.409. The number of methoxy groups -OCH3 is 2. The Morgan fingerprint density at radius 1 is 1.03 bits per heavy atom. The van der Waals surface area contributed by atoms with Crippen LogP contribution in [-0.2, 0) is 11.2 Å². The number of ether oxygens (including phenoxy) is 2. The molecule has 2 aromatic carbocycles. The summed E-state index contributed by atoms with van der Waals surface area (Å²) in [5.74, 6) is 1.25. The first-order chi connectivity index (χ1) is 14.0. The number of nitrogens with zero attached hydrogens (tertiary/aromatic N) is 1. The molecular weight excluding hydrogens is 491 g/mol. The number of hydrogen-bond donors (Lipinski definition) is 1. The summed E-state index contributed by atoms with van der Waals surface area (Å²) in [4.78, 5) is 15.2. The van der Waals surface area contributed by atoms with E-state index < -0.39 is 0 Å². The first-order valence-corrected chi connectivity index (χ1v) is 10.4. The van der Waals surface area contributed by atoms with E-state index in [9.17, 15) is 4.79 Å². The van der Waals surface area contributed by atoms with Crippen LogP contribution in [-0.4, -0.2) is 44.7 Å². The zero-order chi connectivity index (χ0) is 20.8. The molecule has 1 aliphatic heterocycles. The second-order valence-corrected chi connectivity index (χ2v) is 7.98. The van der Waals surface area contributed by atoms with Crippen LogP contribution >= 0.6 is 40.2 Å². The molecule has 0 aliphatic carbocycles. The predicted molar refractivity (Wildman–Crippen MR) is 127 cm³/mol. The van der Waals surface area contributed by atoms with Crippen LogP contribution in [0.15, 0.2) is 36.4 Å². The highest BCUT2D eigenvalue weighted by atomic mass is 79.9. The van der Waals surface area contributed by atoms with Crippen LogP contribution in [0, 0.1) is 0 Å². The van der Waals surface area contributed by atoms with E-state index in [2.05, 4.69) is 10.2 Å². The van der Waals surface area contributed by atoms with Gasteiger partial charge in [0.05, 0.1) is 36.7 Å². The van der Waals surface area contributed by atoms with Crippen molar-refractivity contribution >= 4 is 46.1 Å². The van der Waals surface area contributed by atoms with Gasteiger partial charge in [-0.3, -0.25) is 4.79 Å². The van der Waals surface area contributed by atoms with Gasteiger partial charge in [0.25, 0.3) is 0 Å². The highest BCUT2D eigenvalue weighted by Gasteiger charge is 2.22. The number of nitrogens with one attached hydrogen (secondary N) is 1. The summed E-state index contributed by atoms with van der Waals surface area (Å²) in [5.41, 5.74) is 1.81. The highest BCUT2D eigenvalue weighted by molar-refractivity contribution is 8.93. The summed E-state index contributed by atoms with van der Waals surface area (Å²) in [7, 11) is 3.22. The van der Waals surface area contributed by atoms with Crippen molar-refractivity contribution in [3.05, 3.63) is 57.6 Å². The lowest BCUT2D eigenvalue weighted by molar-refractivity contribution is -0.121. The summed E-state index contributed by atoms with van der Waals surface area (Å²) >= 11 is 12.0. The van der Waals surface area contributed by atoms with Gasteiger partial charge in [-0.2, -0.15) is 0 Å². The number of amides is 1. The third-order valence-electron chi connectivity index (χ3n) is 5.13. The van der Waals surface area contributed by atoms with E-state index in [0.717, 1.165) is 30.8 Å². The van der Waals surface area contributed by atoms with Gasteiger partial charge >= 0.3 is 0 Å². The molecule has 0 bridgehead atoms. The van der Waals surface area contributed by atoms with Crippen molar-refractivity contribution in [1.29, 1.82) is 0 Å². The number of carbonyl (C=O) groups is 1. The van der Waals surface area contributed by atoms with Crippen LogP contribution in [0.5, 0.6) is 11.5 Å². The molecular formula is C22H27BrCl2N2O3. The zero-order valence-corrected chi connectivity index (χ0v) is 20.3. The average Bonchev–Trinajstić information content (AvgIpc) is 3.23. The average molecular weight is 518 g/mol. The standard InChI is InChI=1S/C22H26Cl2N2O3.BrH/c1-28-20-8-6-16(13-21(20)29-2)19(14-26-9-3-4-10-26)25-22(27)12-15-5-7-17(23)18(24)11-15;/h5-8,11,13,19H,3-4,9-10,12,14H2,1-2H3,(H,25,27);1H. The second-order valence-electron chi connectivity index (χ2n) is 7.17. The van der Waals surface area contributed by atoms with Gasteiger partial charge in [-0.15, -0.1) is 17.0 Å². The van der Waals surface area contributed by atoms with Gasteiger partial charge in [-0.1, -0.05) is 35.3 Å². The quantitative estimate of drug-likeness (QED) is 0.530. The highest BCUT2D eigenvalue weighted by Crippen LogP contribution is 2.31. The second kappa shape index (κ2) is 11.8. The Hall–Kier alpha value is -1.47. The van der Waals surface area contributed by atoms with Gasteiger partial charge in [0.15, 0.2) is 11.5 Å². The Labute approximate surface area is 198 Å². The molecule has 30 heavy (non-hydrogen) atoms. The molecule has 1 aliphatic rings. The Kier molecular flexibility index (Phi) is 9.75. The van der Waals surface area contributed by atoms with E-state index in [4.69, 9.17) is 32.7 Å². The summed E-state index contributed by atoms with van der Waals surface area (Å²) in [5, 5.41) is 4.11. The molecule has 8 heteroatoms. The predicted octanol–water partition coefficient (Wildman–Crippen LogP) is 5.08. The van der Waals surface area contributed by atoms with Crippen LogP contribution in [0.25, 0.3) is 0 Å². The molecule has 1 amide bonds. The first-order valence-electron chi connectivity index (χ1n) is 9.67. The normalized spacial score (nSPS) is 14.7. The maximum atomic E-state index is 12.8. The molecule has 1 unspecified atom stereocenters. The molecule has 1 N–H and O–H groups in total. The van der Waals surface area contributed by atoms with Gasteiger partial charge < -0.3 is 19.7 Å². The van der Waals surface area contributed by atoms with E-state index in [1.165, 1.54) is 12.8 Å². The molecule has 0 aromatic heterocycles. The Balaban J connectivity index is 0.00000320. The van der Waals surface area contributed by atoms with E-state index in [1.54, 1.807) is 26.4 Å². The summed E-state index contributed by atoms with van der Waals surface area (Å²) in [6.45, 7) is 2.85. The van der Waals surface area contributed by atoms with Crippen molar-refractivity contribution in [1.82, 2.24) is 10.2 Å². The van der Waals surface area contributed by atoms with Gasteiger partial charge in [0.2, 0.25) is 5.91 Å². The molecule has 2 aromatic rings. The van der Waals surface area contributed by atoms with Gasteiger partial charge in [0.1, 0.15) is 0 Å². The molecule has 1 heterocycles. The molecule has 1 fully saturated rings. The molecule has 1 saturated heterocycles. The minimum Gasteiger partial charge on any atom is -0.493 e. The van der Waals surface area contributed by atoms with E-state index in [0.29, 0.717) is 21.5 Å². The number of benzene rings is 2. The largest absolute Gasteiger partial charge is 0.493 e. The minimum atomic E-state index is -0.150. The van der Waals surface area contributed by atoms with Crippen molar-refractivity contribution in [3.8, 4) is 11.5 Å². The first kappa shape index (κ1) is 24.8. The van der Waals surface area contributed by atoms with Crippen molar-refractivity contribution in [2.45, 2.75) is 25.3 Å². The topological polar surface area (TPSA) is 50.8 Å². The van der Waals surface area contributed by atoms with Crippen LogP contribution in [0.2, 0.25) is 10.0 Å². The van der Waals surface area contributed by atoms with Crippen molar-refractivity contribution in [2.24, 2.45) is 0 Å². The van der Waals surface area contributed by atoms with Crippen LogP contribution in [0.4, 0.5) is 0 Å². The van der Waals surface area contributed by atoms with Crippen molar-refractivity contribution < 1.29 is 14.3 Å². The lowest BCUT2D eigenvalue weighted by Crippen LogP contribution is -2.37. The molecule has 0 spiro atoms. The molecule has 164 valence electrons. The Morgan fingerprint density at radius 3 is 2.37 bits per heavy atom. The van der Waals surface area contributed by atoms with Gasteiger partial charge in [-0.25, -0.2) is 0 Å². The smallest absolute Gasteiger partial charge is 0.224 e. The zero-order valence-electron chi connectivity index (χ0n) is 17.1. The molecule has 3 rings (SSSR count). The fourth-order valence-corrected chi connectivity index (χ4v) is 3.93.